The number of hydrogen-bond donors (Lipinski definition) is 1. The number of alkyl halides is 2. The number of benzene rings is 2. The van der Waals surface area contributed by atoms with Gasteiger partial charge in [0.2, 0.25) is 5.91 Å². The summed E-state index contributed by atoms with van der Waals surface area (Å²) in [5.74, 6) is 0.454. The topological polar surface area (TPSA) is 57.7 Å². The second-order valence-corrected chi connectivity index (χ2v) is 8.15. The molecule has 2 aromatic carbocycles. The molecule has 1 aromatic heterocycles. The van der Waals surface area contributed by atoms with Gasteiger partial charge in [0.25, 0.3) is 6.43 Å². The highest BCUT2D eigenvalue weighted by Gasteiger charge is 2.29. The highest BCUT2D eigenvalue weighted by molar-refractivity contribution is 5.96. The summed E-state index contributed by atoms with van der Waals surface area (Å²) in [7, 11) is 3.16. The van der Waals surface area contributed by atoms with E-state index in [0.29, 0.717) is 37.4 Å². The average molecular weight is 455 g/mol. The Morgan fingerprint density at radius 2 is 1.94 bits per heavy atom. The van der Waals surface area contributed by atoms with E-state index >= 15 is 0 Å². The molecule has 2 heterocycles. The zero-order valence-electron chi connectivity index (χ0n) is 18.8. The maximum atomic E-state index is 13.3. The third-order valence-corrected chi connectivity index (χ3v) is 6.15. The molecular formula is C25H28F2N4O2. The van der Waals surface area contributed by atoms with Crippen molar-refractivity contribution in [2.45, 2.75) is 18.9 Å². The van der Waals surface area contributed by atoms with Crippen molar-refractivity contribution in [2.75, 3.05) is 45.2 Å². The second kappa shape index (κ2) is 10.1. The number of piperazine rings is 1. The van der Waals surface area contributed by atoms with E-state index in [2.05, 4.69) is 32.2 Å². The normalized spacial score (nSPS) is 16.9. The molecule has 0 radical (unpaired) electrons. The number of hydrogen-bond acceptors (Lipinski definition) is 5. The van der Waals surface area contributed by atoms with E-state index in [1.807, 2.05) is 24.3 Å². The fourth-order valence-electron chi connectivity index (χ4n) is 4.42. The Kier molecular flexibility index (Phi) is 7.03. The monoisotopic (exact) mass is 454 g/mol. The third-order valence-electron chi connectivity index (χ3n) is 6.15. The van der Waals surface area contributed by atoms with Crippen LogP contribution < -0.4 is 15.0 Å². The van der Waals surface area contributed by atoms with Gasteiger partial charge in [-0.05, 0) is 36.2 Å². The highest BCUT2D eigenvalue weighted by Crippen LogP contribution is 2.35. The van der Waals surface area contributed by atoms with Crippen LogP contribution in [0, 0.1) is 0 Å². The fraction of sp³-hybridized carbons (Fsp3) is 0.360. The molecule has 1 amide bonds. The van der Waals surface area contributed by atoms with Gasteiger partial charge in [-0.3, -0.25) is 9.69 Å². The summed E-state index contributed by atoms with van der Waals surface area (Å²) in [4.78, 5) is 20.8. The maximum absolute atomic E-state index is 13.3. The fourth-order valence-corrected chi connectivity index (χ4v) is 4.42. The highest BCUT2D eigenvalue weighted by atomic mass is 19.3. The first-order valence-electron chi connectivity index (χ1n) is 11.0. The molecule has 0 aliphatic carbocycles. The standard InChI is InChI=1S/C25H28F2N4O2/c1-28-23(32)16-30-12-13-31(15-18(30)14-17-6-4-3-5-7-17)21-10-11-22(33-2)24-19(21)8-9-20(29-24)25(26)27/h3-11,18,25H,12-16H2,1-2H3,(H,28,32). The van der Waals surface area contributed by atoms with Crippen LogP contribution in [0.2, 0.25) is 0 Å². The van der Waals surface area contributed by atoms with Gasteiger partial charge in [0.1, 0.15) is 17.0 Å². The number of anilines is 1. The summed E-state index contributed by atoms with van der Waals surface area (Å²) in [5.41, 5.74) is 2.29. The lowest BCUT2D eigenvalue weighted by atomic mass is 10.0. The van der Waals surface area contributed by atoms with Gasteiger partial charge in [0.05, 0.1) is 13.7 Å². The molecule has 8 heteroatoms. The molecule has 0 saturated carbocycles. The molecule has 1 aliphatic rings. The molecular weight excluding hydrogens is 426 g/mol. The molecule has 174 valence electrons. The minimum absolute atomic E-state index is 0.0138. The van der Waals surface area contributed by atoms with E-state index in [-0.39, 0.29) is 17.6 Å². The lowest BCUT2D eigenvalue weighted by molar-refractivity contribution is -0.122. The Hall–Kier alpha value is -3.26. The van der Waals surface area contributed by atoms with Gasteiger partial charge in [-0.1, -0.05) is 30.3 Å². The van der Waals surface area contributed by atoms with Crippen molar-refractivity contribution in [1.82, 2.24) is 15.2 Å². The van der Waals surface area contributed by atoms with Crippen molar-refractivity contribution >= 4 is 22.5 Å². The number of ether oxygens (including phenoxy) is 1. The van der Waals surface area contributed by atoms with Gasteiger partial charge in [0.15, 0.2) is 0 Å². The van der Waals surface area contributed by atoms with Crippen LogP contribution in [0.25, 0.3) is 10.9 Å². The summed E-state index contributed by atoms with van der Waals surface area (Å²) in [6, 6.07) is 17.1. The van der Waals surface area contributed by atoms with Gasteiger partial charge in [-0.2, -0.15) is 0 Å². The molecule has 1 unspecified atom stereocenters. The van der Waals surface area contributed by atoms with E-state index in [9.17, 15) is 13.6 Å². The summed E-state index contributed by atoms with van der Waals surface area (Å²) in [6.07, 6.45) is -1.85. The molecule has 1 saturated heterocycles. The van der Waals surface area contributed by atoms with Crippen molar-refractivity contribution in [3.63, 3.8) is 0 Å². The Bertz CT molecular complexity index is 1110. The lowest BCUT2D eigenvalue weighted by Crippen LogP contribution is -2.56. The van der Waals surface area contributed by atoms with Crippen molar-refractivity contribution in [3.05, 3.63) is 65.9 Å². The number of amides is 1. The molecule has 6 nitrogen and oxygen atoms in total. The number of halogens is 2. The van der Waals surface area contributed by atoms with E-state index in [4.69, 9.17) is 4.74 Å². The SMILES string of the molecule is CNC(=O)CN1CCN(c2ccc(OC)c3nc(C(F)F)ccc23)CC1Cc1ccccc1. The van der Waals surface area contributed by atoms with Crippen molar-refractivity contribution in [1.29, 1.82) is 0 Å². The number of carbonyl (C=O) groups is 1. The molecule has 1 aliphatic heterocycles. The largest absolute Gasteiger partial charge is 0.494 e. The molecule has 3 aromatic rings. The van der Waals surface area contributed by atoms with Gasteiger partial charge >= 0.3 is 0 Å². The van der Waals surface area contributed by atoms with E-state index < -0.39 is 6.43 Å². The second-order valence-electron chi connectivity index (χ2n) is 8.15. The zero-order chi connectivity index (χ0) is 23.4. The quantitative estimate of drug-likeness (QED) is 0.591. The van der Waals surface area contributed by atoms with Gasteiger partial charge in [0, 0.05) is 43.8 Å². The third kappa shape index (κ3) is 5.06. The molecule has 33 heavy (non-hydrogen) atoms. The van der Waals surface area contributed by atoms with Crippen LogP contribution in [-0.4, -0.2) is 62.2 Å². The predicted molar refractivity (Wildman–Crippen MR) is 125 cm³/mol. The number of pyridine rings is 1. The first-order valence-corrected chi connectivity index (χ1v) is 11.0. The minimum Gasteiger partial charge on any atom is -0.494 e. The number of nitrogens with zero attached hydrogens (tertiary/aromatic N) is 3. The molecule has 4 rings (SSSR count). The van der Waals surface area contributed by atoms with Crippen LogP contribution in [0.3, 0.4) is 0 Å². The van der Waals surface area contributed by atoms with Gasteiger partial charge in [-0.25, -0.2) is 13.8 Å². The first kappa shape index (κ1) is 22.9. The van der Waals surface area contributed by atoms with Gasteiger partial charge < -0.3 is 15.0 Å². The van der Waals surface area contributed by atoms with Crippen LogP contribution >= 0.6 is 0 Å². The average Bonchev–Trinajstić information content (AvgIpc) is 2.84. The van der Waals surface area contributed by atoms with Crippen LogP contribution in [0.5, 0.6) is 5.75 Å². The van der Waals surface area contributed by atoms with E-state index in [0.717, 1.165) is 17.5 Å². The van der Waals surface area contributed by atoms with Crippen LogP contribution in [0.15, 0.2) is 54.6 Å². The first-order chi connectivity index (χ1) is 16.0. The van der Waals surface area contributed by atoms with Crippen LogP contribution in [-0.2, 0) is 11.2 Å². The predicted octanol–water partition coefficient (Wildman–Crippen LogP) is 3.66. The summed E-state index contributed by atoms with van der Waals surface area (Å²) >= 11 is 0. The van der Waals surface area contributed by atoms with Crippen LogP contribution in [0.4, 0.5) is 14.5 Å². The smallest absolute Gasteiger partial charge is 0.280 e. The van der Waals surface area contributed by atoms with Gasteiger partial charge in [-0.15, -0.1) is 0 Å². The number of carbonyl (C=O) groups excluding carboxylic acids is 1. The lowest BCUT2D eigenvalue weighted by Gasteiger charge is -2.42. The van der Waals surface area contributed by atoms with Crippen molar-refractivity contribution < 1.29 is 18.3 Å². The van der Waals surface area contributed by atoms with Crippen molar-refractivity contribution in [3.8, 4) is 5.75 Å². The number of aromatic nitrogens is 1. The Balaban J connectivity index is 1.66. The molecule has 0 spiro atoms. The zero-order valence-corrected chi connectivity index (χ0v) is 18.8. The summed E-state index contributed by atoms with van der Waals surface area (Å²) in [6.45, 7) is 2.45. The summed E-state index contributed by atoms with van der Waals surface area (Å²) < 4.78 is 31.9. The Morgan fingerprint density at radius 3 is 2.64 bits per heavy atom. The number of likely N-dealkylation sites (N-methyl/N-ethyl adjacent to an activating group) is 1. The molecule has 0 bridgehead atoms. The van der Waals surface area contributed by atoms with Crippen LogP contribution in [0.1, 0.15) is 17.7 Å². The molecule has 1 fully saturated rings. The van der Waals surface area contributed by atoms with E-state index in [1.54, 1.807) is 19.2 Å². The maximum Gasteiger partial charge on any atom is 0.280 e. The molecule has 1 N–H and O–H groups in total. The van der Waals surface area contributed by atoms with Crippen molar-refractivity contribution in [2.24, 2.45) is 0 Å². The number of rotatable bonds is 7. The minimum atomic E-state index is -2.65. The number of fused-ring (bicyclic) bond motifs is 1. The Morgan fingerprint density at radius 1 is 1.15 bits per heavy atom. The Labute approximate surface area is 192 Å². The molecule has 1 atom stereocenters. The number of nitrogens with one attached hydrogen (secondary N) is 1. The summed E-state index contributed by atoms with van der Waals surface area (Å²) in [5, 5.41) is 3.49. The number of methoxy groups -OCH3 is 1. The van der Waals surface area contributed by atoms with E-state index in [1.165, 1.54) is 18.7 Å².